The first-order chi connectivity index (χ1) is 16.1. The molecule has 2 fully saturated rings. The SMILES string of the molecule is COc1ccccc1C1CCN(c2nc(C3CC3)nc3ccc(N(C)CCO)c(C)c23)CC1. The van der Waals surface area contributed by atoms with Gasteiger partial charge < -0.3 is 19.6 Å². The first-order valence-corrected chi connectivity index (χ1v) is 12.1. The van der Waals surface area contributed by atoms with Gasteiger partial charge in [0.15, 0.2) is 0 Å². The molecule has 33 heavy (non-hydrogen) atoms. The van der Waals surface area contributed by atoms with E-state index in [0.29, 0.717) is 18.4 Å². The van der Waals surface area contributed by atoms with Crippen LogP contribution in [0.1, 0.15) is 54.5 Å². The zero-order valence-corrected chi connectivity index (χ0v) is 19.9. The van der Waals surface area contributed by atoms with Crippen molar-refractivity contribution in [2.24, 2.45) is 0 Å². The topological polar surface area (TPSA) is 61.7 Å². The number of benzene rings is 2. The number of rotatable bonds is 7. The van der Waals surface area contributed by atoms with E-state index in [4.69, 9.17) is 14.7 Å². The summed E-state index contributed by atoms with van der Waals surface area (Å²) in [5, 5.41) is 10.6. The molecule has 5 rings (SSSR count). The van der Waals surface area contributed by atoms with E-state index in [1.165, 1.54) is 24.0 Å². The predicted molar refractivity (Wildman–Crippen MR) is 134 cm³/mol. The fourth-order valence-electron chi connectivity index (χ4n) is 5.22. The number of methoxy groups -OCH3 is 1. The molecule has 0 spiro atoms. The Morgan fingerprint density at radius 3 is 2.48 bits per heavy atom. The average molecular weight is 447 g/mol. The normalized spacial score (nSPS) is 16.9. The molecule has 6 heteroatoms. The molecular weight excluding hydrogens is 412 g/mol. The maximum Gasteiger partial charge on any atom is 0.140 e. The highest BCUT2D eigenvalue weighted by atomic mass is 16.5. The van der Waals surface area contributed by atoms with Crippen molar-refractivity contribution in [1.29, 1.82) is 0 Å². The number of aliphatic hydroxyl groups excluding tert-OH is 1. The molecule has 6 nitrogen and oxygen atoms in total. The van der Waals surface area contributed by atoms with Crippen molar-refractivity contribution in [3.8, 4) is 5.75 Å². The molecule has 1 aliphatic carbocycles. The van der Waals surface area contributed by atoms with Gasteiger partial charge in [0, 0.05) is 43.7 Å². The molecule has 1 saturated heterocycles. The molecule has 0 bridgehead atoms. The van der Waals surface area contributed by atoms with Crippen LogP contribution in [0.5, 0.6) is 5.75 Å². The Balaban J connectivity index is 1.49. The van der Waals surface area contributed by atoms with Gasteiger partial charge in [-0.25, -0.2) is 9.97 Å². The van der Waals surface area contributed by atoms with E-state index in [-0.39, 0.29) is 6.61 Å². The molecule has 0 atom stereocenters. The molecule has 2 aromatic carbocycles. The summed E-state index contributed by atoms with van der Waals surface area (Å²) in [7, 11) is 3.79. The molecule has 2 heterocycles. The number of nitrogens with zero attached hydrogens (tertiary/aromatic N) is 4. The van der Waals surface area contributed by atoms with Crippen molar-refractivity contribution < 1.29 is 9.84 Å². The third kappa shape index (κ3) is 4.24. The summed E-state index contributed by atoms with van der Waals surface area (Å²) in [6.45, 7) is 4.84. The van der Waals surface area contributed by atoms with Gasteiger partial charge in [0.05, 0.1) is 19.2 Å². The van der Waals surface area contributed by atoms with Gasteiger partial charge in [0.25, 0.3) is 0 Å². The number of hydrogen-bond acceptors (Lipinski definition) is 6. The molecule has 0 unspecified atom stereocenters. The lowest BCUT2D eigenvalue weighted by Crippen LogP contribution is -2.34. The van der Waals surface area contributed by atoms with E-state index < -0.39 is 0 Å². The minimum atomic E-state index is 0.133. The van der Waals surface area contributed by atoms with Crippen LogP contribution in [0.25, 0.3) is 10.9 Å². The summed E-state index contributed by atoms with van der Waals surface area (Å²) in [5.74, 6) is 4.08. The molecule has 174 valence electrons. The van der Waals surface area contributed by atoms with E-state index in [9.17, 15) is 5.11 Å². The Morgan fingerprint density at radius 2 is 1.79 bits per heavy atom. The second kappa shape index (κ2) is 9.18. The Bertz CT molecular complexity index is 1140. The summed E-state index contributed by atoms with van der Waals surface area (Å²) in [6.07, 6.45) is 4.54. The number of likely N-dealkylation sites (N-methyl/N-ethyl adjacent to an activating group) is 1. The molecule has 1 saturated carbocycles. The lowest BCUT2D eigenvalue weighted by atomic mass is 9.88. The highest BCUT2D eigenvalue weighted by Gasteiger charge is 2.30. The highest BCUT2D eigenvalue weighted by molar-refractivity contribution is 5.96. The van der Waals surface area contributed by atoms with Crippen molar-refractivity contribution in [3.05, 3.63) is 53.3 Å². The van der Waals surface area contributed by atoms with Crippen molar-refractivity contribution in [1.82, 2.24) is 9.97 Å². The Kier molecular flexibility index (Phi) is 6.11. The smallest absolute Gasteiger partial charge is 0.140 e. The Labute approximate surface area is 196 Å². The van der Waals surface area contributed by atoms with Gasteiger partial charge in [-0.3, -0.25) is 0 Å². The van der Waals surface area contributed by atoms with E-state index in [2.05, 4.69) is 47.1 Å². The maximum absolute atomic E-state index is 9.44. The zero-order valence-electron chi connectivity index (χ0n) is 19.9. The van der Waals surface area contributed by atoms with Gasteiger partial charge in [-0.1, -0.05) is 18.2 Å². The zero-order chi connectivity index (χ0) is 22.9. The number of para-hydroxylation sites is 1. The van der Waals surface area contributed by atoms with Crippen LogP contribution < -0.4 is 14.5 Å². The quantitative estimate of drug-likeness (QED) is 0.571. The average Bonchev–Trinajstić information content (AvgIpc) is 3.69. The highest BCUT2D eigenvalue weighted by Crippen LogP contribution is 2.42. The number of aryl methyl sites for hydroxylation is 1. The molecular formula is C27H34N4O2. The molecule has 1 N–H and O–H groups in total. The lowest BCUT2D eigenvalue weighted by Gasteiger charge is -2.34. The van der Waals surface area contributed by atoms with Crippen LogP contribution in [0.15, 0.2) is 36.4 Å². The maximum atomic E-state index is 9.44. The van der Waals surface area contributed by atoms with Gasteiger partial charge in [-0.05, 0) is 67.9 Å². The van der Waals surface area contributed by atoms with E-state index in [0.717, 1.165) is 59.9 Å². The number of fused-ring (bicyclic) bond motifs is 1. The van der Waals surface area contributed by atoms with Crippen LogP contribution in [-0.4, -0.2) is 55.5 Å². The fraction of sp³-hybridized carbons (Fsp3) is 0.481. The number of anilines is 2. The van der Waals surface area contributed by atoms with Crippen molar-refractivity contribution in [2.45, 2.75) is 44.4 Å². The third-order valence-corrected chi connectivity index (χ3v) is 7.26. The first-order valence-electron chi connectivity index (χ1n) is 12.1. The minimum Gasteiger partial charge on any atom is -0.496 e. The van der Waals surface area contributed by atoms with Gasteiger partial charge in [-0.15, -0.1) is 0 Å². The minimum absolute atomic E-state index is 0.133. The van der Waals surface area contributed by atoms with Crippen LogP contribution in [0.3, 0.4) is 0 Å². The second-order valence-electron chi connectivity index (χ2n) is 9.43. The second-order valence-corrected chi connectivity index (χ2v) is 9.43. The molecule has 1 aromatic heterocycles. The van der Waals surface area contributed by atoms with Crippen LogP contribution in [0, 0.1) is 6.92 Å². The van der Waals surface area contributed by atoms with Gasteiger partial charge >= 0.3 is 0 Å². The number of piperidine rings is 1. The molecule has 1 aliphatic heterocycles. The van der Waals surface area contributed by atoms with Crippen LogP contribution in [0.4, 0.5) is 11.5 Å². The van der Waals surface area contributed by atoms with Crippen molar-refractivity contribution >= 4 is 22.4 Å². The van der Waals surface area contributed by atoms with Gasteiger partial charge in [0.2, 0.25) is 0 Å². The monoisotopic (exact) mass is 446 g/mol. The van der Waals surface area contributed by atoms with E-state index in [1.807, 2.05) is 13.1 Å². The Hall–Kier alpha value is -2.86. The lowest BCUT2D eigenvalue weighted by molar-refractivity contribution is 0.304. The van der Waals surface area contributed by atoms with E-state index >= 15 is 0 Å². The number of aliphatic hydroxyl groups is 1. The summed E-state index contributed by atoms with van der Waals surface area (Å²) >= 11 is 0. The largest absolute Gasteiger partial charge is 0.496 e. The summed E-state index contributed by atoms with van der Waals surface area (Å²) in [4.78, 5) is 14.7. The van der Waals surface area contributed by atoms with Gasteiger partial charge in [0.1, 0.15) is 17.4 Å². The Morgan fingerprint density at radius 1 is 1.03 bits per heavy atom. The first kappa shape index (κ1) is 22.0. The van der Waals surface area contributed by atoms with Crippen molar-refractivity contribution in [2.75, 3.05) is 50.2 Å². The molecule has 2 aliphatic rings. The standard InChI is InChI=1S/C27H34N4O2/c1-18-23(30(2)16-17-32)11-10-22-25(18)27(29-26(28-22)20-8-9-20)31-14-12-19(13-15-31)21-6-4-5-7-24(21)33-3/h4-7,10-11,19-20,32H,8-9,12-17H2,1-3H3. The van der Waals surface area contributed by atoms with Crippen molar-refractivity contribution in [3.63, 3.8) is 0 Å². The van der Waals surface area contributed by atoms with Gasteiger partial charge in [-0.2, -0.15) is 0 Å². The molecule has 0 amide bonds. The molecule has 0 radical (unpaired) electrons. The van der Waals surface area contributed by atoms with Crippen LogP contribution in [0.2, 0.25) is 0 Å². The summed E-state index contributed by atoms with van der Waals surface area (Å²) in [5.41, 5.74) is 4.67. The van der Waals surface area contributed by atoms with Crippen LogP contribution >= 0.6 is 0 Å². The number of ether oxygens (including phenoxy) is 1. The van der Waals surface area contributed by atoms with E-state index in [1.54, 1.807) is 7.11 Å². The number of hydrogen-bond donors (Lipinski definition) is 1. The predicted octanol–water partition coefficient (Wildman–Crippen LogP) is 4.64. The molecule has 3 aromatic rings. The fourth-order valence-corrected chi connectivity index (χ4v) is 5.22. The summed E-state index contributed by atoms with van der Waals surface area (Å²) < 4.78 is 5.63. The number of aromatic nitrogens is 2. The van der Waals surface area contributed by atoms with Crippen LogP contribution in [-0.2, 0) is 0 Å². The third-order valence-electron chi connectivity index (χ3n) is 7.26. The summed E-state index contributed by atoms with van der Waals surface area (Å²) in [6, 6.07) is 12.7.